The van der Waals surface area contributed by atoms with E-state index in [4.69, 9.17) is 9.52 Å². The molecule has 1 atom stereocenters. The number of para-hydroxylation sites is 1. The van der Waals surface area contributed by atoms with Crippen molar-refractivity contribution in [3.8, 4) is 0 Å². The number of fused-ring (bicyclic) bond motifs is 1. The zero-order valence-corrected chi connectivity index (χ0v) is 8.80. The predicted octanol–water partition coefficient (Wildman–Crippen LogP) is 2.25. The van der Waals surface area contributed by atoms with Crippen LogP contribution in [0.1, 0.15) is 23.8 Å². The molecule has 4 heteroatoms. The van der Waals surface area contributed by atoms with Gasteiger partial charge in [0.25, 0.3) is 0 Å². The first-order valence-electron chi connectivity index (χ1n) is 4.97. The van der Waals surface area contributed by atoms with Gasteiger partial charge < -0.3 is 14.6 Å². The molecule has 0 saturated carbocycles. The first kappa shape index (κ1) is 10.7. The highest BCUT2D eigenvalue weighted by atomic mass is 16.4. The number of hydrogen-bond donors (Lipinski definition) is 2. The molecular formula is C12H12O4. The number of carboxylic acids is 1. The molecule has 0 aliphatic heterocycles. The van der Waals surface area contributed by atoms with Gasteiger partial charge in [0.2, 0.25) is 0 Å². The maximum absolute atomic E-state index is 10.5. The van der Waals surface area contributed by atoms with Crippen LogP contribution in [0.2, 0.25) is 0 Å². The summed E-state index contributed by atoms with van der Waals surface area (Å²) < 4.78 is 5.45. The zero-order valence-electron chi connectivity index (χ0n) is 8.80. The molecule has 0 aliphatic carbocycles. The highest BCUT2D eigenvalue weighted by molar-refractivity contribution is 5.82. The van der Waals surface area contributed by atoms with E-state index in [1.165, 1.54) is 0 Å². The van der Waals surface area contributed by atoms with Gasteiger partial charge in [-0.2, -0.15) is 0 Å². The van der Waals surface area contributed by atoms with Crippen molar-refractivity contribution in [2.75, 3.05) is 0 Å². The van der Waals surface area contributed by atoms with E-state index in [1.807, 2.05) is 25.1 Å². The summed E-state index contributed by atoms with van der Waals surface area (Å²) in [7, 11) is 0. The number of aliphatic hydroxyl groups excluding tert-OH is 1. The Morgan fingerprint density at radius 1 is 1.44 bits per heavy atom. The Hall–Kier alpha value is -1.81. The smallest absolute Gasteiger partial charge is 0.306 e. The summed E-state index contributed by atoms with van der Waals surface area (Å²) >= 11 is 0. The van der Waals surface area contributed by atoms with E-state index in [9.17, 15) is 9.90 Å². The summed E-state index contributed by atoms with van der Waals surface area (Å²) in [6.07, 6.45) is -1.44. The van der Waals surface area contributed by atoms with Crippen molar-refractivity contribution in [1.29, 1.82) is 0 Å². The van der Waals surface area contributed by atoms with Gasteiger partial charge in [0.05, 0.1) is 6.42 Å². The number of aliphatic hydroxyl groups is 1. The van der Waals surface area contributed by atoms with E-state index in [1.54, 1.807) is 6.07 Å². The molecule has 0 fully saturated rings. The fourth-order valence-corrected chi connectivity index (χ4v) is 1.77. The average Bonchev–Trinajstić information content (AvgIpc) is 2.56. The molecule has 0 bridgehead atoms. The first-order chi connectivity index (χ1) is 7.59. The van der Waals surface area contributed by atoms with Gasteiger partial charge in [0.1, 0.15) is 17.4 Å². The number of carbonyl (C=O) groups is 1. The molecule has 0 spiro atoms. The molecule has 1 aromatic carbocycles. The lowest BCUT2D eigenvalue weighted by molar-refractivity contribution is -0.139. The summed E-state index contributed by atoms with van der Waals surface area (Å²) in [6, 6.07) is 7.38. The lowest BCUT2D eigenvalue weighted by Gasteiger charge is -2.04. The predicted molar refractivity (Wildman–Crippen MR) is 58.2 cm³/mol. The summed E-state index contributed by atoms with van der Waals surface area (Å²) in [5.41, 5.74) is 1.46. The molecule has 2 aromatic rings. The van der Waals surface area contributed by atoms with Crippen molar-refractivity contribution in [3.05, 3.63) is 35.6 Å². The van der Waals surface area contributed by atoms with Crippen LogP contribution in [0.3, 0.4) is 0 Å². The maximum atomic E-state index is 10.5. The lowest BCUT2D eigenvalue weighted by Crippen LogP contribution is -2.05. The van der Waals surface area contributed by atoms with Crippen molar-refractivity contribution in [1.82, 2.24) is 0 Å². The van der Waals surface area contributed by atoms with Crippen molar-refractivity contribution < 1.29 is 19.4 Å². The molecule has 1 aromatic heterocycles. The van der Waals surface area contributed by atoms with Crippen LogP contribution < -0.4 is 0 Å². The molecule has 0 amide bonds. The Morgan fingerprint density at radius 2 is 2.12 bits per heavy atom. The number of rotatable bonds is 3. The van der Waals surface area contributed by atoms with E-state index in [0.29, 0.717) is 11.3 Å². The van der Waals surface area contributed by atoms with Crippen LogP contribution in [0.25, 0.3) is 11.0 Å². The van der Waals surface area contributed by atoms with Crippen molar-refractivity contribution in [2.45, 2.75) is 19.4 Å². The van der Waals surface area contributed by atoms with Crippen molar-refractivity contribution >= 4 is 16.9 Å². The summed E-state index contributed by atoms with van der Waals surface area (Å²) in [4.78, 5) is 10.5. The van der Waals surface area contributed by atoms with E-state index in [0.717, 1.165) is 10.9 Å². The molecule has 1 unspecified atom stereocenters. The maximum Gasteiger partial charge on any atom is 0.306 e. The first-order valence-corrected chi connectivity index (χ1v) is 4.97. The Morgan fingerprint density at radius 3 is 2.75 bits per heavy atom. The molecule has 1 heterocycles. The van der Waals surface area contributed by atoms with Gasteiger partial charge in [-0.25, -0.2) is 0 Å². The number of aliphatic carboxylic acids is 1. The van der Waals surface area contributed by atoms with E-state index in [-0.39, 0.29) is 6.42 Å². The van der Waals surface area contributed by atoms with Crippen LogP contribution in [0.4, 0.5) is 0 Å². The highest BCUT2D eigenvalue weighted by Crippen LogP contribution is 2.30. The van der Waals surface area contributed by atoms with Crippen molar-refractivity contribution in [2.24, 2.45) is 0 Å². The lowest BCUT2D eigenvalue weighted by atomic mass is 10.1. The van der Waals surface area contributed by atoms with Gasteiger partial charge in [-0.15, -0.1) is 0 Å². The normalized spacial score (nSPS) is 12.9. The standard InChI is InChI=1S/C12H12O4/c1-7-8-4-2-3-5-10(8)16-12(7)9(13)6-11(14)15/h2-5,9,13H,6H2,1H3,(H,14,15). The molecule has 2 rings (SSSR count). The monoisotopic (exact) mass is 220 g/mol. The Balaban J connectivity index is 2.45. The van der Waals surface area contributed by atoms with Gasteiger partial charge in [-0.1, -0.05) is 18.2 Å². The molecule has 4 nitrogen and oxygen atoms in total. The fourth-order valence-electron chi connectivity index (χ4n) is 1.77. The molecule has 0 radical (unpaired) electrons. The summed E-state index contributed by atoms with van der Waals surface area (Å²) in [5.74, 6) is -0.712. The van der Waals surface area contributed by atoms with Gasteiger partial charge in [-0.3, -0.25) is 4.79 Å². The highest BCUT2D eigenvalue weighted by Gasteiger charge is 2.20. The van der Waals surface area contributed by atoms with Crippen LogP contribution in [-0.2, 0) is 4.79 Å². The van der Waals surface area contributed by atoms with Gasteiger partial charge in [-0.05, 0) is 13.0 Å². The Labute approximate surface area is 92.1 Å². The third kappa shape index (κ3) is 1.79. The second-order valence-electron chi connectivity index (χ2n) is 3.70. The molecule has 2 N–H and O–H groups in total. The number of aryl methyl sites for hydroxylation is 1. The Kier molecular flexibility index (Phi) is 2.66. The number of furan rings is 1. The minimum atomic E-state index is -1.09. The third-order valence-electron chi connectivity index (χ3n) is 2.55. The topological polar surface area (TPSA) is 70.7 Å². The zero-order chi connectivity index (χ0) is 11.7. The van der Waals surface area contributed by atoms with E-state index >= 15 is 0 Å². The van der Waals surface area contributed by atoms with Crippen LogP contribution in [0, 0.1) is 6.92 Å². The minimum absolute atomic E-state index is 0.337. The van der Waals surface area contributed by atoms with Crippen LogP contribution in [0.15, 0.2) is 28.7 Å². The van der Waals surface area contributed by atoms with E-state index < -0.39 is 12.1 Å². The largest absolute Gasteiger partial charge is 0.481 e. The quantitative estimate of drug-likeness (QED) is 0.832. The van der Waals surface area contributed by atoms with Gasteiger partial charge >= 0.3 is 5.97 Å². The second kappa shape index (κ2) is 3.98. The molecule has 16 heavy (non-hydrogen) atoms. The second-order valence-corrected chi connectivity index (χ2v) is 3.70. The van der Waals surface area contributed by atoms with Gasteiger partial charge in [0, 0.05) is 10.9 Å². The number of benzene rings is 1. The molecule has 0 aliphatic rings. The molecule has 0 saturated heterocycles. The average molecular weight is 220 g/mol. The number of carboxylic acid groups (broad SMARTS) is 1. The Bertz CT molecular complexity index is 527. The van der Waals surface area contributed by atoms with Crippen LogP contribution >= 0.6 is 0 Å². The van der Waals surface area contributed by atoms with Gasteiger partial charge in [0.15, 0.2) is 0 Å². The third-order valence-corrected chi connectivity index (χ3v) is 2.55. The summed E-state index contributed by atoms with van der Waals surface area (Å²) in [5, 5.41) is 19.2. The molecule has 84 valence electrons. The SMILES string of the molecule is Cc1c(C(O)CC(=O)O)oc2ccccc12. The van der Waals surface area contributed by atoms with Crippen LogP contribution in [0.5, 0.6) is 0 Å². The summed E-state index contributed by atoms with van der Waals surface area (Å²) in [6.45, 7) is 1.81. The fraction of sp³-hybridized carbons (Fsp3) is 0.250. The number of hydrogen-bond acceptors (Lipinski definition) is 3. The van der Waals surface area contributed by atoms with E-state index in [2.05, 4.69) is 0 Å². The molecular weight excluding hydrogens is 208 g/mol. The van der Waals surface area contributed by atoms with Crippen molar-refractivity contribution in [3.63, 3.8) is 0 Å². The van der Waals surface area contributed by atoms with Crippen LogP contribution in [-0.4, -0.2) is 16.2 Å². The minimum Gasteiger partial charge on any atom is -0.481 e.